The summed E-state index contributed by atoms with van der Waals surface area (Å²) in [5, 5.41) is 0. The van der Waals surface area contributed by atoms with Crippen LogP contribution in [-0.2, 0) is 0 Å². The number of hydrogen-bond donors (Lipinski definition) is 0. The lowest BCUT2D eigenvalue weighted by atomic mass is 9.95. The minimum atomic E-state index is 0.716. The molecule has 2 aromatic rings. The molecular weight excluding hydrogens is 318 g/mol. The first-order valence-electron chi connectivity index (χ1n) is 8.69. The van der Waals surface area contributed by atoms with Gasteiger partial charge in [-0.1, -0.05) is 56.2 Å². The molecule has 0 N–H and O–H groups in total. The maximum atomic E-state index is 5.74. The van der Waals surface area contributed by atoms with Crippen LogP contribution in [0.25, 0.3) is 29.0 Å². The highest BCUT2D eigenvalue weighted by Crippen LogP contribution is 2.39. The lowest BCUT2D eigenvalue weighted by Gasteiger charge is -2.18. The summed E-state index contributed by atoms with van der Waals surface area (Å²) < 4.78 is 5.74. The van der Waals surface area contributed by atoms with Gasteiger partial charge < -0.3 is 4.74 Å². The van der Waals surface area contributed by atoms with E-state index in [0.717, 1.165) is 45.6 Å². The molecule has 0 amide bonds. The monoisotopic (exact) mass is 343 g/mol. The number of benzene rings is 1. The van der Waals surface area contributed by atoms with Crippen molar-refractivity contribution in [1.82, 2.24) is 4.98 Å². The van der Waals surface area contributed by atoms with Gasteiger partial charge in [-0.3, -0.25) is 0 Å². The predicted molar refractivity (Wildman–Crippen MR) is 113 cm³/mol. The van der Waals surface area contributed by atoms with E-state index in [1.807, 2.05) is 63.3 Å². The molecule has 0 aliphatic rings. The molecular formula is C24H25NO. The van der Waals surface area contributed by atoms with Gasteiger partial charge in [-0.25, -0.2) is 4.98 Å². The third-order valence-corrected chi connectivity index (χ3v) is 3.95. The summed E-state index contributed by atoms with van der Waals surface area (Å²) in [5.74, 6) is 6.95. The second kappa shape index (κ2) is 8.87. The number of aromatic nitrogens is 1. The maximum absolute atomic E-state index is 5.74. The highest BCUT2D eigenvalue weighted by Gasteiger charge is 2.19. The molecule has 1 aromatic carbocycles. The average molecular weight is 343 g/mol. The zero-order chi connectivity index (χ0) is 19.1. The van der Waals surface area contributed by atoms with Crippen molar-refractivity contribution >= 4 is 17.7 Å². The first kappa shape index (κ1) is 19.3. The van der Waals surface area contributed by atoms with Gasteiger partial charge in [0.2, 0.25) is 0 Å². The first-order valence-corrected chi connectivity index (χ1v) is 8.69. The molecule has 0 atom stereocenters. The molecule has 2 heteroatoms. The highest BCUT2D eigenvalue weighted by molar-refractivity contribution is 5.85. The normalized spacial score (nSPS) is 10.3. The fourth-order valence-electron chi connectivity index (χ4n) is 2.81. The van der Waals surface area contributed by atoms with Crippen molar-refractivity contribution in [2.24, 2.45) is 0 Å². The van der Waals surface area contributed by atoms with E-state index in [1.165, 1.54) is 0 Å². The highest BCUT2D eigenvalue weighted by atomic mass is 16.5. The van der Waals surface area contributed by atoms with Gasteiger partial charge in [0.1, 0.15) is 5.69 Å². The Bertz CT molecular complexity index is 906. The second-order valence-electron chi connectivity index (χ2n) is 5.88. The summed E-state index contributed by atoms with van der Waals surface area (Å²) in [6.07, 6.45) is 6.60. The molecule has 2 rings (SSSR count). The van der Waals surface area contributed by atoms with Crippen molar-refractivity contribution in [1.29, 1.82) is 0 Å². The molecule has 0 saturated carbocycles. The van der Waals surface area contributed by atoms with E-state index >= 15 is 0 Å². The van der Waals surface area contributed by atoms with Crippen LogP contribution in [0.4, 0.5) is 0 Å². The fraction of sp³-hybridized carbons (Fsp3) is 0.208. The van der Waals surface area contributed by atoms with Crippen LogP contribution in [-0.4, -0.2) is 12.1 Å². The van der Waals surface area contributed by atoms with Gasteiger partial charge in [-0.2, -0.15) is 0 Å². The Morgan fingerprint density at radius 1 is 1.27 bits per heavy atom. The van der Waals surface area contributed by atoms with E-state index in [0.29, 0.717) is 5.75 Å². The van der Waals surface area contributed by atoms with E-state index in [9.17, 15) is 0 Å². The van der Waals surface area contributed by atoms with Gasteiger partial charge in [-0.05, 0) is 37.6 Å². The van der Waals surface area contributed by atoms with Gasteiger partial charge in [0.25, 0.3) is 0 Å². The zero-order valence-electron chi connectivity index (χ0n) is 16.0. The van der Waals surface area contributed by atoms with Crippen molar-refractivity contribution in [3.8, 4) is 28.8 Å². The number of ether oxygens (including phenoxy) is 1. The lowest BCUT2D eigenvalue weighted by molar-refractivity contribution is 0.413. The molecule has 132 valence electrons. The second-order valence-corrected chi connectivity index (χ2v) is 5.88. The summed E-state index contributed by atoms with van der Waals surface area (Å²) in [6, 6.07) is 8.08. The van der Waals surface area contributed by atoms with Gasteiger partial charge in [0, 0.05) is 28.7 Å². The predicted octanol–water partition coefficient (Wildman–Crippen LogP) is 6.23. The number of nitrogens with zero attached hydrogens (tertiary/aromatic N) is 1. The third-order valence-electron chi connectivity index (χ3n) is 3.95. The van der Waals surface area contributed by atoms with Crippen LogP contribution in [0.1, 0.15) is 49.6 Å². The topological polar surface area (TPSA) is 22.1 Å². The molecule has 2 nitrogen and oxygen atoms in total. The fourth-order valence-corrected chi connectivity index (χ4v) is 2.81. The van der Waals surface area contributed by atoms with Crippen LogP contribution in [0.2, 0.25) is 0 Å². The van der Waals surface area contributed by atoms with Gasteiger partial charge in [-0.15, -0.1) is 0 Å². The van der Waals surface area contributed by atoms with Crippen molar-refractivity contribution in [3.05, 3.63) is 65.9 Å². The Kier molecular flexibility index (Phi) is 6.58. The Morgan fingerprint density at radius 3 is 2.46 bits per heavy atom. The SMILES string of the molecule is C=Cc1c(/C=C\C)nc(-c2ccc(C#CCC)cc2)c(OC)c1C(=C)C. The molecule has 1 aromatic heterocycles. The average Bonchev–Trinajstić information content (AvgIpc) is 2.65. The van der Waals surface area contributed by atoms with Crippen molar-refractivity contribution < 1.29 is 4.74 Å². The minimum absolute atomic E-state index is 0.716. The van der Waals surface area contributed by atoms with E-state index < -0.39 is 0 Å². The summed E-state index contributed by atoms with van der Waals surface area (Å²) in [6.45, 7) is 14.1. The van der Waals surface area contributed by atoms with E-state index in [-0.39, 0.29) is 0 Å². The van der Waals surface area contributed by atoms with Gasteiger partial charge in [0.05, 0.1) is 12.8 Å². The molecule has 0 unspecified atom stereocenters. The Hall–Kier alpha value is -3.05. The van der Waals surface area contributed by atoms with Crippen LogP contribution in [0.3, 0.4) is 0 Å². The maximum Gasteiger partial charge on any atom is 0.153 e. The van der Waals surface area contributed by atoms with Crippen LogP contribution in [0.15, 0.2) is 43.5 Å². The standard InChI is InChI=1S/C24H25NO/c1-7-10-12-18-13-15-19(16-14-18)23-24(26-6)22(17(4)5)20(9-3)21(25-23)11-8-2/h8-9,11,13-16H,3-4,7H2,1-2,5-6H3/b11-8-. The summed E-state index contributed by atoms with van der Waals surface area (Å²) in [7, 11) is 1.66. The molecule has 0 aliphatic carbocycles. The van der Waals surface area contributed by atoms with Crippen molar-refractivity contribution in [2.45, 2.75) is 27.2 Å². The van der Waals surface area contributed by atoms with Crippen LogP contribution < -0.4 is 4.74 Å². The van der Waals surface area contributed by atoms with Crippen molar-refractivity contribution in [3.63, 3.8) is 0 Å². The molecule has 0 bridgehead atoms. The number of pyridine rings is 1. The molecule has 1 heterocycles. The molecule has 0 radical (unpaired) electrons. The number of allylic oxidation sites excluding steroid dienone is 2. The van der Waals surface area contributed by atoms with E-state index in [1.54, 1.807) is 7.11 Å². The smallest absolute Gasteiger partial charge is 0.153 e. The first-order chi connectivity index (χ1) is 12.6. The summed E-state index contributed by atoms with van der Waals surface area (Å²) in [4.78, 5) is 4.85. The molecule has 0 fully saturated rings. The Labute approximate surface area is 156 Å². The van der Waals surface area contributed by atoms with Crippen LogP contribution in [0, 0.1) is 11.8 Å². The lowest BCUT2D eigenvalue weighted by Crippen LogP contribution is -2.02. The number of methoxy groups -OCH3 is 1. The van der Waals surface area contributed by atoms with Gasteiger partial charge >= 0.3 is 0 Å². The van der Waals surface area contributed by atoms with E-state index in [2.05, 4.69) is 25.0 Å². The van der Waals surface area contributed by atoms with Crippen LogP contribution in [0.5, 0.6) is 5.75 Å². The molecule has 0 spiro atoms. The van der Waals surface area contributed by atoms with Crippen LogP contribution >= 0.6 is 0 Å². The Balaban J connectivity index is 2.75. The minimum Gasteiger partial charge on any atom is -0.494 e. The Morgan fingerprint density at radius 2 is 1.96 bits per heavy atom. The van der Waals surface area contributed by atoms with E-state index in [4.69, 9.17) is 9.72 Å². The summed E-state index contributed by atoms with van der Waals surface area (Å²) in [5.41, 5.74) is 6.40. The summed E-state index contributed by atoms with van der Waals surface area (Å²) >= 11 is 0. The number of rotatable bonds is 5. The number of hydrogen-bond acceptors (Lipinski definition) is 2. The molecule has 0 aliphatic heterocycles. The third kappa shape index (κ3) is 3.95. The van der Waals surface area contributed by atoms with Crippen molar-refractivity contribution in [2.75, 3.05) is 7.11 Å². The largest absolute Gasteiger partial charge is 0.494 e. The molecule has 26 heavy (non-hydrogen) atoms. The van der Waals surface area contributed by atoms with Gasteiger partial charge in [0.15, 0.2) is 5.75 Å². The molecule has 0 saturated heterocycles. The zero-order valence-corrected chi connectivity index (χ0v) is 16.0. The quantitative estimate of drug-likeness (QED) is 0.601.